The molecule has 0 saturated heterocycles. The molecule has 278 valence electrons. The molecule has 0 aliphatic heterocycles. The van der Waals surface area contributed by atoms with E-state index >= 15 is 0 Å². The van der Waals surface area contributed by atoms with Crippen LogP contribution < -0.4 is 9.47 Å². The second-order valence-electron chi connectivity index (χ2n) is 12.7. The molecule has 7 N–H and O–H groups in total. The number of aromatic hydroxyl groups is 4. The normalized spacial score (nSPS) is 11.0. The first-order chi connectivity index (χ1) is 24.4. The van der Waals surface area contributed by atoms with Crippen molar-refractivity contribution in [2.24, 2.45) is 0 Å². The fourth-order valence-electron chi connectivity index (χ4n) is 6.22. The molecule has 3 rings (SSSR count). The monoisotopic (exact) mass is 710 g/mol. The lowest BCUT2D eigenvalue weighted by molar-refractivity contribution is 0.0678. The van der Waals surface area contributed by atoms with Crippen LogP contribution in [0, 0.1) is 0 Å². The third kappa shape index (κ3) is 10.4. The maximum Gasteiger partial charge on any atom is 0.339 e. The molecule has 0 bridgehead atoms. The number of phenols is 4. The second-order valence-corrected chi connectivity index (χ2v) is 12.7. The Labute approximate surface area is 297 Å². The summed E-state index contributed by atoms with van der Waals surface area (Å²) in [4.78, 5) is 37.7. The molecule has 12 nitrogen and oxygen atoms in total. The Bertz CT molecular complexity index is 1690. The lowest BCUT2D eigenvalue weighted by atomic mass is 9.96. The van der Waals surface area contributed by atoms with Gasteiger partial charge in [-0.05, 0) is 50.2 Å². The van der Waals surface area contributed by atoms with E-state index in [0.29, 0.717) is 44.1 Å². The first kappa shape index (κ1) is 40.3. The van der Waals surface area contributed by atoms with E-state index in [1.165, 1.54) is 6.07 Å². The van der Waals surface area contributed by atoms with Crippen LogP contribution >= 0.6 is 0 Å². The van der Waals surface area contributed by atoms with Gasteiger partial charge in [-0.15, -0.1) is 0 Å². The molecule has 3 aromatic rings. The molecule has 0 atom stereocenters. The summed E-state index contributed by atoms with van der Waals surface area (Å²) in [5.41, 5.74) is -0.962. The highest BCUT2D eigenvalue weighted by molar-refractivity contribution is 5.96. The predicted molar refractivity (Wildman–Crippen MR) is 191 cm³/mol. The summed E-state index contributed by atoms with van der Waals surface area (Å²) in [5.74, 6) is -7.99. The third-order valence-electron chi connectivity index (χ3n) is 8.76. The molecule has 0 heterocycles. The number of phenolic OH excluding ortho intramolecular Hbond substituents is 3. The number of carbonyl (C=O) groups is 3. The molecular weight excluding hydrogens is 660 g/mol. The maximum absolute atomic E-state index is 13.0. The maximum atomic E-state index is 13.0. The van der Waals surface area contributed by atoms with Gasteiger partial charge in [-0.1, -0.05) is 78.6 Å². The number of unbranched alkanes of at least 4 members (excludes halogenated alkanes) is 9. The van der Waals surface area contributed by atoms with Crippen molar-refractivity contribution in [2.75, 3.05) is 0 Å². The Kier molecular flexibility index (Phi) is 15.3. The summed E-state index contributed by atoms with van der Waals surface area (Å²) in [6, 6.07) is 4.19. The van der Waals surface area contributed by atoms with E-state index < -0.39 is 57.8 Å². The SMILES string of the molecule is CCCCCCCc1cc(O)cc(Oc2c(O)cc(Oc3c(O)cc(O)c(C(=O)O)c3CCCCC)c(C(=O)O)c2CCCCCC)c1C(=O)O. The zero-order valence-electron chi connectivity index (χ0n) is 29.6. The number of aromatic carboxylic acids is 3. The molecule has 12 heteroatoms. The second kappa shape index (κ2) is 19.3. The summed E-state index contributed by atoms with van der Waals surface area (Å²) in [7, 11) is 0. The molecule has 0 aliphatic carbocycles. The van der Waals surface area contributed by atoms with Crippen LogP contribution in [-0.4, -0.2) is 53.7 Å². The van der Waals surface area contributed by atoms with Gasteiger partial charge in [0.2, 0.25) is 0 Å². The lowest BCUT2D eigenvalue weighted by Gasteiger charge is -2.22. The van der Waals surface area contributed by atoms with Gasteiger partial charge < -0.3 is 45.2 Å². The van der Waals surface area contributed by atoms with E-state index in [0.717, 1.165) is 63.1 Å². The Morgan fingerprint density at radius 1 is 0.490 bits per heavy atom. The number of carboxylic acid groups (broad SMARTS) is 3. The largest absolute Gasteiger partial charge is 0.508 e. The van der Waals surface area contributed by atoms with Crippen LogP contribution in [0.3, 0.4) is 0 Å². The molecule has 0 radical (unpaired) electrons. The topological polar surface area (TPSA) is 211 Å². The average molecular weight is 711 g/mol. The number of hydrogen-bond donors (Lipinski definition) is 7. The quantitative estimate of drug-likeness (QED) is 0.0486. The van der Waals surface area contributed by atoms with E-state index in [4.69, 9.17) is 9.47 Å². The van der Waals surface area contributed by atoms with Gasteiger partial charge in [-0.2, -0.15) is 0 Å². The minimum Gasteiger partial charge on any atom is -0.508 e. The van der Waals surface area contributed by atoms with Gasteiger partial charge >= 0.3 is 17.9 Å². The minimum absolute atomic E-state index is 0.0290. The van der Waals surface area contributed by atoms with Gasteiger partial charge in [-0.3, -0.25) is 0 Å². The van der Waals surface area contributed by atoms with Gasteiger partial charge in [0.25, 0.3) is 0 Å². The van der Waals surface area contributed by atoms with Crippen molar-refractivity contribution in [2.45, 2.75) is 117 Å². The van der Waals surface area contributed by atoms with Crippen molar-refractivity contribution in [3.05, 3.63) is 57.6 Å². The van der Waals surface area contributed by atoms with Crippen molar-refractivity contribution in [3.8, 4) is 46.0 Å². The highest BCUT2D eigenvalue weighted by Gasteiger charge is 2.30. The van der Waals surface area contributed by atoms with Crippen LogP contribution in [0.15, 0.2) is 24.3 Å². The molecule has 0 aliphatic rings. The van der Waals surface area contributed by atoms with Gasteiger partial charge in [0.05, 0.1) is 0 Å². The highest BCUT2D eigenvalue weighted by atomic mass is 16.5. The zero-order valence-corrected chi connectivity index (χ0v) is 29.6. The number of rotatable bonds is 22. The van der Waals surface area contributed by atoms with E-state index in [2.05, 4.69) is 6.92 Å². The smallest absolute Gasteiger partial charge is 0.339 e. The highest BCUT2D eigenvalue weighted by Crippen LogP contribution is 2.48. The summed E-state index contributed by atoms with van der Waals surface area (Å²) in [6.07, 6.45) is 9.85. The van der Waals surface area contributed by atoms with Crippen LogP contribution in [0.2, 0.25) is 0 Å². The third-order valence-corrected chi connectivity index (χ3v) is 8.76. The molecule has 0 aromatic heterocycles. The summed E-state index contributed by atoms with van der Waals surface area (Å²) >= 11 is 0. The Balaban J connectivity index is 2.24. The Morgan fingerprint density at radius 3 is 1.47 bits per heavy atom. The van der Waals surface area contributed by atoms with E-state index in [1.54, 1.807) is 0 Å². The van der Waals surface area contributed by atoms with Gasteiger partial charge in [0.1, 0.15) is 39.7 Å². The van der Waals surface area contributed by atoms with Crippen molar-refractivity contribution in [1.82, 2.24) is 0 Å². The van der Waals surface area contributed by atoms with Crippen molar-refractivity contribution < 1.29 is 59.6 Å². The number of aryl methyl sites for hydroxylation is 1. The van der Waals surface area contributed by atoms with Crippen LogP contribution in [-0.2, 0) is 19.3 Å². The summed E-state index contributed by atoms with van der Waals surface area (Å²) < 4.78 is 12.0. The van der Waals surface area contributed by atoms with E-state index in [-0.39, 0.29) is 46.8 Å². The van der Waals surface area contributed by atoms with Crippen molar-refractivity contribution in [1.29, 1.82) is 0 Å². The molecule has 0 unspecified atom stereocenters. The average Bonchev–Trinajstić information content (AvgIpc) is 3.05. The molecular formula is C39H50O12. The van der Waals surface area contributed by atoms with Crippen LogP contribution in [0.4, 0.5) is 0 Å². The first-order valence-electron chi connectivity index (χ1n) is 17.7. The fraction of sp³-hybridized carbons (Fsp3) is 0.462. The van der Waals surface area contributed by atoms with E-state index in [1.807, 2.05) is 13.8 Å². The van der Waals surface area contributed by atoms with Gasteiger partial charge in [0.15, 0.2) is 23.0 Å². The Morgan fingerprint density at radius 2 is 0.922 bits per heavy atom. The zero-order chi connectivity index (χ0) is 37.7. The van der Waals surface area contributed by atoms with Crippen LogP contribution in [0.25, 0.3) is 0 Å². The number of benzene rings is 3. The van der Waals surface area contributed by atoms with E-state index in [9.17, 15) is 50.1 Å². The van der Waals surface area contributed by atoms with Gasteiger partial charge in [0, 0.05) is 29.3 Å². The van der Waals surface area contributed by atoms with Crippen molar-refractivity contribution in [3.63, 3.8) is 0 Å². The number of ether oxygens (including phenoxy) is 2. The molecule has 0 saturated carbocycles. The van der Waals surface area contributed by atoms with Crippen LogP contribution in [0.5, 0.6) is 46.0 Å². The predicted octanol–water partition coefficient (Wildman–Crippen LogP) is 9.56. The van der Waals surface area contributed by atoms with Crippen LogP contribution in [0.1, 0.15) is 146 Å². The van der Waals surface area contributed by atoms with Gasteiger partial charge in [-0.25, -0.2) is 14.4 Å². The fourth-order valence-corrected chi connectivity index (χ4v) is 6.22. The summed E-state index contributed by atoms with van der Waals surface area (Å²) in [5, 5.41) is 74.0. The number of carboxylic acids is 3. The molecule has 0 fully saturated rings. The molecule has 51 heavy (non-hydrogen) atoms. The number of hydrogen-bond acceptors (Lipinski definition) is 9. The first-order valence-corrected chi connectivity index (χ1v) is 17.7. The summed E-state index contributed by atoms with van der Waals surface area (Å²) in [6.45, 7) is 6.03. The standard InChI is InChI=1S/C39H50O12/c1-4-7-10-12-14-16-23-19-24(40)20-30(32(23)37(44)45)50-36-26(18-15-11-8-5-2)34(39(48)49)31(22-29(36)43)51-35-25(17-13-9-6-3)33(38(46)47)27(41)21-28(35)42/h19-22,40-43H,4-18H2,1-3H3,(H,44,45)(H,46,47)(H,48,49). The molecule has 0 amide bonds. The lowest BCUT2D eigenvalue weighted by Crippen LogP contribution is -2.11. The minimum atomic E-state index is -1.49. The molecule has 3 aromatic carbocycles. The molecule has 0 spiro atoms. The van der Waals surface area contributed by atoms with Crippen molar-refractivity contribution >= 4 is 17.9 Å². The Hall–Kier alpha value is -5.13.